The molecule has 1 saturated carbocycles. The van der Waals surface area contributed by atoms with Crippen molar-refractivity contribution in [3.05, 3.63) is 68.7 Å². The van der Waals surface area contributed by atoms with Crippen LogP contribution >= 0.6 is 0 Å². The Hall–Kier alpha value is -3.95. The van der Waals surface area contributed by atoms with E-state index in [0.29, 0.717) is 27.9 Å². The fraction of sp³-hybridized carbons (Fsp3) is 0.200. The van der Waals surface area contributed by atoms with E-state index in [0.717, 1.165) is 18.4 Å². The van der Waals surface area contributed by atoms with Crippen molar-refractivity contribution in [2.24, 2.45) is 4.99 Å². The van der Waals surface area contributed by atoms with Gasteiger partial charge >= 0.3 is 5.69 Å². The van der Waals surface area contributed by atoms with Crippen molar-refractivity contribution < 1.29 is 9.50 Å². The molecule has 10 heteroatoms. The third-order valence-electron chi connectivity index (χ3n) is 4.76. The lowest BCUT2D eigenvalue weighted by molar-refractivity contribution is 0.454. The fourth-order valence-electron chi connectivity index (χ4n) is 3.13. The van der Waals surface area contributed by atoms with Gasteiger partial charge in [0.25, 0.3) is 0 Å². The van der Waals surface area contributed by atoms with E-state index in [-0.39, 0.29) is 17.6 Å². The van der Waals surface area contributed by atoms with Crippen LogP contribution < -0.4 is 21.7 Å². The van der Waals surface area contributed by atoms with E-state index < -0.39 is 11.5 Å². The number of aryl methyl sites for hydroxylation is 1. The standard InChI is InChI=1S/C20H18FN7O2/c1-10-2-5-13(21)14(6-10)24-16-8-17(23-12-3-4-12)28-18(26-16)11(9-22-28)7-15-19(29)27-20(30)25-15/h2,5-9,12,24,29H,3-4H2,1H3,(H2,25,27,30)/b11-7-,23-17?. The number of aromatic amines is 2. The Bertz CT molecular complexity index is 1450. The maximum atomic E-state index is 14.2. The number of hydrogen-bond acceptors (Lipinski definition) is 6. The number of imidazole rings is 1. The molecule has 1 aliphatic rings. The molecule has 0 radical (unpaired) electrons. The van der Waals surface area contributed by atoms with Gasteiger partial charge in [0.1, 0.15) is 17.3 Å². The van der Waals surface area contributed by atoms with Gasteiger partial charge in [0.05, 0.1) is 17.9 Å². The SMILES string of the molecule is Cc1ccc(F)c(Nc2cc(=NC3CC3)n3nc/c(=C/c4[nH]c(=O)[nH]c4O)c3n2)c1. The highest BCUT2D eigenvalue weighted by atomic mass is 19.1. The summed E-state index contributed by atoms with van der Waals surface area (Å²) in [6.07, 6.45) is 5.14. The zero-order valence-corrected chi connectivity index (χ0v) is 16.0. The first-order valence-corrected chi connectivity index (χ1v) is 9.45. The van der Waals surface area contributed by atoms with Crippen molar-refractivity contribution in [2.75, 3.05) is 5.32 Å². The number of hydrogen-bond donors (Lipinski definition) is 4. The number of nitrogens with zero attached hydrogens (tertiary/aromatic N) is 4. The zero-order chi connectivity index (χ0) is 20.8. The first kappa shape index (κ1) is 18.1. The summed E-state index contributed by atoms with van der Waals surface area (Å²) in [5.74, 6) is -0.259. The van der Waals surface area contributed by atoms with Crippen molar-refractivity contribution in [3.8, 4) is 5.88 Å². The average Bonchev–Trinajstić information content (AvgIpc) is 3.34. The molecule has 3 heterocycles. The van der Waals surface area contributed by atoms with Gasteiger partial charge < -0.3 is 15.4 Å². The highest BCUT2D eigenvalue weighted by Gasteiger charge is 2.20. The lowest BCUT2D eigenvalue weighted by Crippen LogP contribution is -2.20. The van der Waals surface area contributed by atoms with Gasteiger partial charge in [-0.1, -0.05) is 6.07 Å². The lowest BCUT2D eigenvalue weighted by Gasteiger charge is -2.08. The summed E-state index contributed by atoms with van der Waals surface area (Å²) >= 11 is 0. The van der Waals surface area contributed by atoms with E-state index in [2.05, 4.69) is 30.4 Å². The minimum Gasteiger partial charge on any atom is -0.493 e. The summed E-state index contributed by atoms with van der Waals surface area (Å²) in [5.41, 5.74) is 1.94. The minimum atomic E-state index is -0.523. The van der Waals surface area contributed by atoms with Crippen molar-refractivity contribution >= 4 is 23.2 Å². The lowest BCUT2D eigenvalue weighted by atomic mass is 10.2. The molecule has 1 aromatic carbocycles. The van der Waals surface area contributed by atoms with Crippen LogP contribution in [0.2, 0.25) is 0 Å². The van der Waals surface area contributed by atoms with Gasteiger partial charge in [0.15, 0.2) is 11.1 Å². The van der Waals surface area contributed by atoms with Gasteiger partial charge in [-0.2, -0.15) is 9.61 Å². The van der Waals surface area contributed by atoms with E-state index >= 15 is 0 Å². The van der Waals surface area contributed by atoms with Crippen LogP contribution in [0.3, 0.4) is 0 Å². The molecule has 9 nitrogen and oxygen atoms in total. The third-order valence-corrected chi connectivity index (χ3v) is 4.76. The Morgan fingerprint density at radius 2 is 2.17 bits per heavy atom. The maximum Gasteiger partial charge on any atom is 0.326 e. The van der Waals surface area contributed by atoms with E-state index in [4.69, 9.17) is 0 Å². The Balaban J connectivity index is 1.69. The molecule has 0 aliphatic heterocycles. The molecule has 1 aliphatic carbocycles. The second-order valence-electron chi connectivity index (χ2n) is 7.29. The van der Waals surface area contributed by atoms with Crippen molar-refractivity contribution in [2.45, 2.75) is 25.8 Å². The number of rotatable bonds is 4. The van der Waals surface area contributed by atoms with E-state index in [9.17, 15) is 14.3 Å². The summed E-state index contributed by atoms with van der Waals surface area (Å²) in [6, 6.07) is 6.75. The van der Waals surface area contributed by atoms with Gasteiger partial charge in [-0.05, 0) is 43.5 Å². The van der Waals surface area contributed by atoms with Gasteiger partial charge in [-0.15, -0.1) is 0 Å². The topological polar surface area (TPSA) is 123 Å². The first-order valence-electron chi connectivity index (χ1n) is 9.45. The molecule has 4 N–H and O–H groups in total. The highest BCUT2D eigenvalue weighted by Crippen LogP contribution is 2.23. The van der Waals surface area contributed by atoms with Gasteiger partial charge in [-0.25, -0.2) is 14.2 Å². The molecule has 0 amide bonds. The fourth-order valence-corrected chi connectivity index (χ4v) is 3.13. The molecule has 0 saturated heterocycles. The van der Waals surface area contributed by atoms with Gasteiger partial charge in [0.2, 0.25) is 5.88 Å². The number of aromatic nitrogens is 5. The number of H-pyrrole nitrogens is 2. The molecule has 4 aromatic rings. The molecular formula is C20H18FN7O2. The molecule has 0 atom stereocenters. The van der Waals surface area contributed by atoms with Crippen LogP contribution in [-0.2, 0) is 0 Å². The number of aromatic hydroxyl groups is 1. The minimum absolute atomic E-state index is 0.209. The third kappa shape index (κ3) is 3.43. The summed E-state index contributed by atoms with van der Waals surface area (Å²) in [6.45, 7) is 1.88. The van der Waals surface area contributed by atoms with Crippen molar-refractivity contribution in [1.82, 2.24) is 24.6 Å². The van der Waals surface area contributed by atoms with Gasteiger partial charge in [0, 0.05) is 11.3 Å². The highest BCUT2D eigenvalue weighted by molar-refractivity contribution is 5.62. The van der Waals surface area contributed by atoms with Crippen LogP contribution in [-0.4, -0.2) is 35.7 Å². The summed E-state index contributed by atoms with van der Waals surface area (Å²) in [4.78, 5) is 25.4. The molecule has 0 spiro atoms. The van der Waals surface area contributed by atoms with E-state index in [1.165, 1.54) is 6.07 Å². The number of benzene rings is 1. The van der Waals surface area contributed by atoms with Crippen molar-refractivity contribution in [1.29, 1.82) is 0 Å². The van der Waals surface area contributed by atoms with Crippen LogP contribution in [0.25, 0.3) is 11.7 Å². The Kier molecular flexibility index (Phi) is 4.12. The molecule has 0 bridgehead atoms. The number of fused-ring (bicyclic) bond motifs is 1. The number of nitrogens with one attached hydrogen (secondary N) is 3. The van der Waals surface area contributed by atoms with Gasteiger partial charge in [-0.3, -0.25) is 9.98 Å². The Labute approximate surface area is 168 Å². The number of anilines is 2. The summed E-state index contributed by atoms with van der Waals surface area (Å²) in [7, 11) is 0. The normalized spacial score (nSPS) is 15.3. The van der Waals surface area contributed by atoms with Crippen LogP contribution in [0.15, 0.2) is 40.2 Å². The van der Waals surface area contributed by atoms with Crippen LogP contribution in [0.4, 0.5) is 15.9 Å². The predicted octanol–water partition coefficient (Wildman–Crippen LogP) is 1.25. The van der Waals surface area contributed by atoms with E-state index in [1.807, 2.05) is 6.92 Å². The first-order chi connectivity index (χ1) is 14.5. The smallest absolute Gasteiger partial charge is 0.326 e. The summed E-state index contributed by atoms with van der Waals surface area (Å²) < 4.78 is 15.8. The molecular weight excluding hydrogens is 389 g/mol. The van der Waals surface area contributed by atoms with Crippen molar-refractivity contribution in [3.63, 3.8) is 0 Å². The predicted molar refractivity (Wildman–Crippen MR) is 108 cm³/mol. The van der Waals surface area contributed by atoms with Crippen LogP contribution in [0.1, 0.15) is 24.1 Å². The molecule has 30 heavy (non-hydrogen) atoms. The second kappa shape index (κ2) is 6.83. The average molecular weight is 407 g/mol. The summed E-state index contributed by atoms with van der Waals surface area (Å²) in [5, 5.41) is 17.8. The quantitative estimate of drug-likeness (QED) is 0.405. The van der Waals surface area contributed by atoms with Crippen LogP contribution in [0.5, 0.6) is 5.88 Å². The second-order valence-corrected chi connectivity index (χ2v) is 7.29. The molecule has 3 aromatic heterocycles. The molecule has 0 unspecified atom stereocenters. The largest absolute Gasteiger partial charge is 0.493 e. The zero-order valence-electron chi connectivity index (χ0n) is 16.0. The Morgan fingerprint density at radius 1 is 1.33 bits per heavy atom. The monoisotopic (exact) mass is 407 g/mol. The maximum absolute atomic E-state index is 14.2. The molecule has 1 fully saturated rings. The van der Waals surface area contributed by atoms with E-state index in [1.54, 1.807) is 35.0 Å². The molecule has 5 rings (SSSR count). The van der Waals surface area contributed by atoms with Crippen LogP contribution in [0, 0.1) is 12.7 Å². The Morgan fingerprint density at radius 3 is 2.90 bits per heavy atom. The molecule has 152 valence electrons. The number of halogens is 1.